The van der Waals surface area contributed by atoms with E-state index in [0.29, 0.717) is 22.8 Å². The third-order valence-electron chi connectivity index (χ3n) is 4.19. The lowest BCUT2D eigenvalue weighted by Crippen LogP contribution is -2.13. The maximum atomic E-state index is 12.3. The molecule has 2 aromatic carbocycles. The summed E-state index contributed by atoms with van der Waals surface area (Å²) in [6.45, 7) is 2.40. The van der Waals surface area contributed by atoms with E-state index < -0.39 is 0 Å². The quantitative estimate of drug-likeness (QED) is 0.689. The van der Waals surface area contributed by atoms with E-state index in [9.17, 15) is 4.79 Å². The molecule has 0 unspecified atom stereocenters. The van der Waals surface area contributed by atoms with Gasteiger partial charge in [0.25, 0.3) is 0 Å². The molecule has 0 radical (unpaired) electrons. The van der Waals surface area contributed by atoms with E-state index in [1.54, 1.807) is 12.3 Å². The van der Waals surface area contributed by atoms with Gasteiger partial charge >= 0.3 is 0 Å². The fourth-order valence-corrected chi connectivity index (χ4v) is 3.07. The lowest BCUT2D eigenvalue weighted by Gasteiger charge is -2.17. The fourth-order valence-electron chi connectivity index (χ4n) is 2.85. The van der Waals surface area contributed by atoms with Gasteiger partial charge in [0.1, 0.15) is 0 Å². The number of nitriles is 1. The van der Waals surface area contributed by atoms with Crippen LogP contribution in [0, 0.1) is 18.3 Å². The van der Waals surface area contributed by atoms with Crippen LogP contribution in [0.2, 0.25) is 5.02 Å². The molecule has 0 aliphatic rings. The van der Waals surface area contributed by atoms with Crippen LogP contribution in [0.1, 0.15) is 16.7 Å². The summed E-state index contributed by atoms with van der Waals surface area (Å²) in [6, 6.07) is 16.8. The highest BCUT2D eigenvalue weighted by Gasteiger charge is 2.13. The molecule has 1 aromatic heterocycles. The Morgan fingerprint density at radius 2 is 1.96 bits per heavy atom. The minimum atomic E-state index is -0.206. The first-order chi connectivity index (χ1) is 12.5. The molecule has 1 heterocycles. The highest BCUT2D eigenvalue weighted by molar-refractivity contribution is 6.34. The van der Waals surface area contributed by atoms with E-state index in [4.69, 9.17) is 21.6 Å². The Hall–Kier alpha value is -3.03. The van der Waals surface area contributed by atoms with E-state index in [-0.39, 0.29) is 11.2 Å². The molecule has 0 saturated carbocycles. The number of halogens is 1. The number of pyridine rings is 1. The number of hydrogen-bond acceptors (Lipinski definition) is 3. The normalized spacial score (nSPS) is 10.4. The number of ether oxygens (including phenoxy) is 1. The SMILES string of the molecule is COc1cn(Cc2cccc(C#N)c2)c(-c2cccc(C)c2Cl)cc1=O. The Morgan fingerprint density at radius 1 is 1.19 bits per heavy atom. The number of methoxy groups -OCH3 is 1. The molecule has 5 heteroatoms. The third-order valence-corrected chi connectivity index (χ3v) is 4.69. The van der Waals surface area contributed by atoms with Gasteiger partial charge in [0.15, 0.2) is 5.75 Å². The predicted molar refractivity (Wildman–Crippen MR) is 103 cm³/mol. The van der Waals surface area contributed by atoms with Crippen LogP contribution in [-0.2, 0) is 6.54 Å². The molecule has 4 nitrogen and oxygen atoms in total. The van der Waals surface area contributed by atoms with E-state index in [1.165, 1.54) is 13.2 Å². The first-order valence-electron chi connectivity index (χ1n) is 8.06. The van der Waals surface area contributed by atoms with Gasteiger partial charge in [-0.15, -0.1) is 0 Å². The van der Waals surface area contributed by atoms with E-state index in [2.05, 4.69) is 6.07 Å². The monoisotopic (exact) mass is 364 g/mol. The average Bonchev–Trinajstić information content (AvgIpc) is 2.65. The second-order valence-electron chi connectivity index (χ2n) is 5.97. The highest BCUT2D eigenvalue weighted by Crippen LogP contribution is 2.31. The van der Waals surface area contributed by atoms with E-state index >= 15 is 0 Å². The fraction of sp³-hybridized carbons (Fsp3) is 0.143. The lowest BCUT2D eigenvalue weighted by atomic mass is 10.1. The molecule has 0 amide bonds. The molecule has 0 bridgehead atoms. The van der Waals surface area contributed by atoms with Crippen molar-refractivity contribution in [1.82, 2.24) is 4.57 Å². The zero-order chi connectivity index (χ0) is 18.7. The Morgan fingerprint density at radius 3 is 2.69 bits per heavy atom. The summed E-state index contributed by atoms with van der Waals surface area (Å²) in [5.74, 6) is 0.258. The minimum Gasteiger partial charge on any atom is -0.491 e. The molecule has 0 aliphatic carbocycles. The first kappa shape index (κ1) is 17.8. The summed E-state index contributed by atoms with van der Waals surface area (Å²) >= 11 is 6.49. The molecule has 0 atom stereocenters. The van der Waals surface area contributed by atoms with Gasteiger partial charge in [0.2, 0.25) is 5.43 Å². The molecular formula is C21H17ClN2O2. The van der Waals surface area contributed by atoms with Crippen molar-refractivity contribution >= 4 is 11.6 Å². The van der Waals surface area contributed by atoms with Crippen molar-refractivity contribution < 1.29 is 4.74 Å². The topological polar surface area (TPSA) is 55.0 Å². The van der Waals surface area contributed by atoms with Crippen LogP contribution >= 0.6 is 11.6 Å². The van der Waals surface area contributed by atoms with Gasteiger partial charge < -0.3 is 9.30 Å². The zero-order valence-electron chi connectivity index (χ0n) is 14.5. The zero-order valence-corrected chi connectivity index (χ0v) is 15.2. The minimum absolute atomic E-state index is 0.206. The third kappa shape index (κ3) is 3.49. The maximum absolute atomic E-state index is 12.3. The van der Waals surface area contributed by atoms with Gasteiger partial charge in [0.05, 0.1) is 35.7 Å². The summed E-state index contributed by atoms with van der Waals surface area (Å²) in [4.78, 5) is 12.3. The Labute approximate surface area is 156 Å². The van der Waals surface area contributed by atoms with Crippen molar-refractivity contribution in [3.63, 3.8) is 0 Å². The number of nitrogens with zero attached hydrogens (tertiary/aromatic N) is 2. The molecule has 0 spiro atoms. The number of rotatable bonds is 4. The molecule has 3 rings (SSSR count). The smallest absolute Gasteiger partial charge is 0.223 e. The molecule has 26 heavy (non-hydrogen) atoms. The van der Waals surface area contributed by atoms with Crippen LogP contribution < -0.4 is 10.2 Å². The number of benzene rings is 2. The average molecular weight is 365 g/mol. The van der Waals surface area contributed by atoms with Crippen LogP contribution in [0.25, 0.3) is 11.3 Å². The summed E-state index contributed by atoms with van der Waals surface area (Å²) in [6.07, 6.45) is 1.68. The Balaban J connectivity index is 2.18. The van der Waals surface area contributed by atoms with Gasteiger partial charge in [-0.25, -0.2) is 0 Å². The molecule has 130 valence electrons. The highest BCUT2D eigenvalue weighted by atomic mass is 35.5. The Bertz CT molecular complexity index is 1060. The van der Waals surface area contributed by atoms with Crippen molar-refractivity contribution in [1.29, 1.82) is 5.26 Å². The number of aryl methyl sites for hydroxylation is 1. The van der Waals surface area contributed by atoms with Crippen molar-refractivity contribution in [2.45, 2.75) is 13.5 Å². The molecule has 0 aliphatic heterocycles. The Kier molecular flexibility index (Phi) is 5.11. The van der Waals surface area contributed by atoms with Crippen LogP contribution in [0.5, 0.6) is 5.75 Å². The summed E-state index contributed by atoms with van der Waals surface area (Å²) in [7, 11) is 1.47. The molecule has 3 aromatic rings. The molecule has 0 saturated heterocycles. The second-order valence-corrected chi connectivity index (χ2v) is 6.35. The standard InChI is InChI=1S/C21H17ClN2O2/c1-14-5-3-8-17(21(14)22)18-10-19(25)20(26-2)13-24(18)12-16-7-4-6-15(9-16)11-23/h3-10,13H,12H2,1-2H3. The summed E-state index contributed by atoms with van der Waals surface area (Å²) < 4.78 is 7.11. The van der Waals surface area contributed by atoms with Crippen LogP contribution in [-0.4, -0.2) is 11.7 Å². The van der Waals surface area contributed by atoms with Crippen molar-refractivity contribution in [3.8, 4) is 23.1 Å². The molecule has 0 N–H and O–H groups in total. The summed E-state index contributed by atoms with van der Waals surface area (Å²) in [5.41, 5.74) is 3.74. The van der Waals surface area contributed by atoms with Gasteiger partial charge in [-0.1, -0.05) is 41.9 Å². The van der Waals surface area contributed by atoms with Crippen molar-refractivity contribution in [3.05, 3.63) is 86.7 Å². The van der Waals surface area contributed by atoms with Crippen molar-refractivity contribution in [2.75, 3.05) is 7.11 Å². The van der Waals surface area contributed by atoms with Gasteiger partial charge in [-0.2, -0.15) is 5.26 Å². The molecule has 0 fully saturated rings. The van der Waals surface area contributed by atoms with Gasteiger partial charge in [-0.05, 0) is 30.2 Å². The van der Waals surface area contributed by atoms with Crippen LogP contribution in [0.3, 0.4) is 0 Å². The van der Waals surface area contributed by atoms with Gasteiger partial charge in [0, 0.05) is 18.2 Å². The predicted octanol–water partition coefficient (Wildman–Crippen LogP) is 4.41. The van der Waals surface area contributed by atoms with E-state index in [0.717, 1.165) is 16.7 Å². The second kappa shape index (κ2) is 7.47. The molecular weight excluding hydrogens is 348 g/mol. The summed E-state index contributed by atoms with van der Waals surface area (Å²) in [5, 5.41) is 9.72. The largest absolute Gasteiger partial charge is 0.491 e. The van der Waals surface area contributed by atoms with Crippen LogP contribution in [0.15, 0.2) is 59.5 Å². The van der Waals surface area contributed by atoms with Crippen molar-refractivity contribution in [2.24, 2.45) is 0 Å². The first-order valence-corrected chi connectivity index (χ1v) is 8.44. The lowest BCUT2D eigenvalue weighted by molar-refractivity contribution is 0.406. The van der Waals surface area contributed by atoms with E-state index in [1.807, 2.05) is 47.9 Å². The number of hydrogen-bond donors (Lipinski definition) is 0. The maximum Gasteiger partial charge on any atom is 0.223 e. The van der Waals surface area contributed by atoms with Crippen LogP contribution in [0.4, 0.5) is 0 Å². The van der Waals surface area contributed by atoms with Gasteiger partial charge in [-0.3, -0.25) is 4.79 Å². The number of aromatic nitrogens is 1.